The van der Waals surface area contributed by atoms with Gasteiger partial charge in [0.2, 0.25) is 0 Å². The van der Waals surface area contributed by atoms with E-state index in [9.17, 15) is 43.2 Å². The second kappa shape index (κ2) is 74.8. The summed E-state index contributed by atoms with van der Waals surface area (Å²) in [6.07, 6.45) is 70.4. The molecule has 5 atom stereocenters. The van der Waals surface area contributed by atoms with Crippen LogP contribution in [0.2, 0.25) is 0 Å². The minimum Gasteiger partial charge on any atom is -0.462 e. The summed E-state index contributed by atoms with van der Waals surface area (Å²) >= 11 is 0. The van der Waals surface area contributed by atoms with E-state index in [1.165, 1.54) is 218 Å². The van der Waals surface area contributed by atoms with E-state index < -0.39 is 97.5 Å². The van der Waals surface area contributed by atoms with E-state index in [0.29, 0.717) is 25.7 Å². The number of aliphatic hydroxyl groups is 1. The lowest BCUT2D eigenvalue weighted by molar-refractivity contribution is -0.161. The van der Waals surface area contributed by atoms with Gasteiger partial charge in [-0.25, -0.2) is 9.13 Å². The first-order valence-electron chi connectivity index (χ1n) is 41.6. The standard InChI is InChI=1S/C81H154O17P2/c1-5-9-13-17-21-24-27-30-33-35-37-38-40-43-46-49-52-56-60-64-68-81(86)98-77(72-92-79(84)66-62-58-54-50-47-44-42-39-36-34-31-28-25-22-18-14-10-6-2)74-96-100(89,90)94-70-75(82)69-93-99(87,88)95-73-76(71-91-78(83)65-61-57-53-20-16-12-8-4)97-80(85)67-63-59-55-51-48-45-41-32-29-26-23-19-15-11-7-3/h26,29,32,41,75-77,82H,5-25,27-28,30-31,33-40,42-74H2,1-4H3,(H,87,88)(H,89,90)/b29-26-,41-32-/t75-,76+,77+/m0/s1. The highest BCUT2D eigenvalue weighted by molar-refractivity contribution is 7.47. The number of ether oxygens (including phenoxy) is 4. The van der Waals surface area contributed by atoms with E-state index in [-0.39, 0.29) is 25.7 Å². The Bertz CT molecular complexity index is 1990. The molecule has 0 aromatic carbocycles. The molecule has 0 aromatic heterocycles. The molecular weight excluding hydrogens is 1310 g/mol. The molecule has 0 bridgehead atoms. The lowest BCUT2D eigenvalue weighted by atomic mass is 10.0. The van der Waals surface area contributed by atoms with Crippen molar-refractivity contribution in [3.05, 3.63) is 24.3 Å². The van der Waals surface area contributed by atoms with E-state index in [0.717, 1.165) is 116 Å². The minimum atomic E-state index is -4.96. The first-order valence-corrected chi connectivity index (χ1v) is 44.6. The van der Waals surface area contributed by atoms with Crippen molar-refractivity contribution in [2.24, 2.45) is 0 Å². The van der Waals surface area contributed by atoms with E-state index in [1.807, 2.05) is 0 Å². The van der Waals surface area contributed by atoms with E-state index in [4.69, 9.17) is 37.0 Å². The van der Waals surface area contributed by atoms with Crippen LogP contribution < -0.4 is 0 Å². The smallest absolute Gasteiger partial charge is 0.462 e. The summed E-state index contributed by atoms with van der Waals surface area (Å²) in [6.45, 7) is 4.91. The topological polar surface area (TPSA) is 237 Å². The SMILES string of the molecule is CCCCCC/C=C\C=C/CCCCCCCC(=O)O[C@H](COC(=O)CCCCCCCCC)COP(=O)(O)OC[C@H](O)COP(=O)(O)OC[C@@H](COC(=O)CCCCCCCCCCCCCCCCCCCC)OC(=O)CCCCCCCCCCCCCCCCCCCCCC. The highest BCUT2D eigenvalue weighted by Gasteiger charge is 2.30. The highest BCUT2D eigenvalue weighted by Crippen LogP contribution is 2.45. The number of carbonyl (C=O) groups excluding carboxylic acids is 4. The number of unbranched alkanes of at least 4 members (excludes halogenated alkanes) is 51. The molecule has 0 amide bonds. The van der Waals surface area contributed by atoms with E-state index in [1.54, 1.807) is 0 Å². The van der Waals surface area contributed by atoms with Gasteiger partial charge in [0.15, 0.2) is 12.2 Å². The van der Waals surface area contributed by atoms with Crippen LogP contribution in [0.1, 0.15) is 413 Å². The number of esters is 4. The van der Waals surface area contributed by atoms with E-state index >= 15 is 0 Å². The third-order valence-electron chi connectivity index (χ3n) is 18.5. The Kier molecular flexibility index (Phi) is 73.0. The molecule has 0 spiro atoms. The first-order chi connectivity index (χ1) is 48.7. The van der Waals surface area contributed by atoms with Crippen LogP contribution in [0.25, 0.3) is 0 Å². The van der Waals surface area contributed by atoms with Crippen LogP contribution in [0.4, 0.5) is 0 Å². The van der Waals surface area contributed by atoms with Gasteiger partial charge in [-0.1, -0.05) is 360 Å². The maximum Gasteiger partial charge on any atom is 0.472 e. The average Bonchev–Trinajstić information content (AvgIpc) is 1.02. The van der Waals surface area contributed by atoms with Crippen LogP contribution in [0.3, 0.4) is 0 Å². The van der Waals surface area contributed by atoms with Crippen molar-refractivity contribution in [2.45, 2.75) is 431 Å². The maximum absolute atomic E-state index is 13.1. The molecule has 590 valence electrons. The van der Waals surface area contributed by atoms with E-state index in [2.05, 4.69) is 52.0 Å². The lowest BCUT2D eigenvalue weighted by Gasteiger charge is -2.21. The molecule has 0 aliphatic carbocycles. The molecule has 19 heteroatoms. The number of aliphatic hydroxyl groups excluding tert-OH is 1. The van der Waals surface area contributed by atoms with Crippen LogP contribution >= 0.6 is 15.6 Å². The van der Waals surface area contributed by atoms with Gasteiger partial charge >= 0.3 is 39.5 Å². The van der Waals surface area contributed by atoms with Gasteiger partial charge < -0.3 is 33.8 Å². The fourth-order valence-electron chi connectivity index (χ4n) is 12.1. The molecule has 2 unspecified atom stereocenters. The predicted molar refractivity (Wildman–Crippen MR) is 409 cm³/mol. The summed E-state index contributed by atoms with van der Waals surface area (Å²) in [5, 5.41) is 10.6. The molecule has 17 nitrogen and oxygen atoms in total. The first kappa shape index (κ1) is 97.5. The zero-order valence-electron chi connectivity index (χ0n) is 64.7. The molecular formula is C81H154O17P2. The van der Waals surface area contributed by atoms with Crippen LogP contribution in [-0.2, 0) is 65.4 Å². The molecule has 0 saturated carbocycles. The highest BCUT2D eigenvalue weighted by atomic mass is 31.2. The van der Waals surface area contributed by atoms with Crippen LogP contribution in [0.15, 0.2) is 24.3 Å². The second-order valence-corrected chi connectivity index (χ2v) is 31.4. The van der Waals surface area contributed by atoms with Crippen LogP contribution in [0, 0.1) is 0 Å². The monoisotopic (exact) mass is 1460 g/mol. The molecule has 0 aromatic rings. The fourth-order valence-corrected chi connectivity index (χ4v) is 13.7. The third kappa shape index (κ3) is 73.8. The van der Waals surface area contributed by atoms with Crippen molar-refractivity contribution in [1.29, 1.82) is 0 Å². The summed E-state index contributed by atoms with van der Waals surface area (Å²) in [5.74, 6) is -2.14. The summed E-state index contributed by atoms with van der Waals surface area (Å²) in [4.78, 5) is 72.8. The van der Waals surface area contributed by atoms with Gasteiger partial charge in [-0.15, -0.1) is 0 Å². The zero-order valence-corrected chi connectivity index (χ0v) is 66.5. The van der Waals surface area contributed by atoms with Gasteiger partial charge in [-0.05, 0) is 51.4 Å². The number of allylic oxidation sites excluding steroid dienone is 4. The Morgan fingerprint density at radius 3 is 0.730 bits per heavy atom. The summed E-state index contributed by atoms with van der Waals surface area (Å²) < 4.78 is 68.5. The van der Waals surface area contributed by atoms with Crippen molar-refractivity contribution >= 4 is 39.5 Å². The van der Waals surface area contributed by atoms with Gasteiger partial charge in [0, 0.05) is 25.7 Å². The molecule has 0 saturated heterocycles. The Morgan fingerprint density at radius 1 is 0.280 bits per heavy atom. The summed E-state index contributed by atoms with van der Waals surface area (Å²) in [5.41, 5.74) is 0. The van der Waals surface area contributed by atoms with Gasteiger partial charge in [-0.3, -0.25) is 37.3 Å². The number of hydrogen-bond donors (Lipinski definition) is 3. The average molecular weight is 1460 g/mol. The predicted octanol–water partition coefficient (Wildman–Crippen LogP) is 24.1. The van der Waals surface area contributed by atoms with Crippen molar-refractivity contribution < 1.29 is 80.2 Å². The lowest BCUT2D eigenvalue weighted by Crippen LogP contribution is -2.30. The molecule has 0 heterocycles. The molecule has 0 rings (SSSR count). The molecule has 100 heavy (non-hydrogen) atoms. The third-order valence-corrected chi connectivity index (χ3v) is 20.4. The quantitative estimate of drug-likeness (QED) is 0.0169. The van der Waals surface area contributed by atoms with Gasteiger partial charge in [0.25, 0.3) is 0 Å². The Hall–Kier alpha value is -2.46. The Labute approximate surface area is 612 Å². The summed E-state index contributed by atoms with van der Waals surface area (Å²) in [7, 11) is -9.92. The number of rotatable bonds is 80. The van der Waals surface area contributed by atoms with Crippen molar-refractivity contribution in [3.63, 3.8) is 0 Å². The Balaban J connectivity index is 5.20. The molecule has 0 aliphatic rings. The van der Waals surface area contributed by atoms with Gasteiger partial charge in [-0.2, -0.15) is 0 Å². The van der Waals surface area contributed by atoms with Crippen molar-refractivity contribution in [3.8, 4) is 0 Å². The number of hydrogen-bond acceptors (Lipinski definition) is 15. The van der Waals surface area contributed by atoms with Gasteiger partial charge in [0.05, 0.1) is 26.4 Å². The van der Waals surface area contributed by atoms with Crippen LogP contribution in [-0.4, -0.2) is 96.7 Å². The van der Waals surface area contributed by atoms with Crippen LogP contribution in [0.5, 0.6) is 0 Å². The normalized spacial score (nSPS) is 13.9. The number of phosphoric ester groups is 2. The molecule has 0 fully saturated rings. The minimum absolute atomic E-state index is 0.0853. The fraction of sp³-hybridized carbons (Fsp3) is 0.901. The Morgan fingerprint density at radius 2 is 0.480 bits per heavy atom. The van der Waals surface area contributed by atoms with Gasteiger partial charge in [0.1, 0.15) is 19.3 Å². The molecule has 0 aliphatic heterocycles. The number of carbonyl (C=O) groups is 4. The maximum atomic E-state index is 13.1. The number of phosphoric acid groups is 2. The summed E-state index contributed by atoms with van der Waals surface area (Å²) in [6, 6.07) is 0. The van der Waals surface area contributed by atoms with Crippen molar-refractivity contribution in [2.75, 3.05) is 39.6 Å². The molecule has 3 N–H and O–H groups in total. The largest absolute Gasteiger partial charge is 0.472 e. The second-order valence-electron chi connectivity index (χ2n) is 28.5. The zero-order chi connectivity index (χ0) is 73.2. The van der Waals surface area contributed by atoms with Crippen molar-refractivity contribution in [1.82, 2.24) is 0 Å². The molecule has 0 radical (unpaired) electrons.